The van der Waals surface area contributed by atoms with E-state index in [1.807, 2.05) is 0 Å². The van der Waals surface area contributed by atoms with Crippen molar-refractivity contribution >= 4 is 5.78 Å². The molecule has 50 valence electrons. The summed E-state index contributed by atoms with van der Waals surface area (Å²) in [7, 11) is 0. The van der Waals surface area contributed by atoms with Crippen molar-refractivity contribution in [3.8, 4) is 5.88 Å². The van der Waals surface area contributed by atoms with E-state index in [0.29, 0.717) is 5.78 Å². The molecule has 0 spiro atoms. The summed E-state index contributed by atoms with van der Waals surface area (Å²) in [6, 6.07) is 1.41. The highest BCUT2D eigenvalue weighted by atomic mass is 16.3. The Labute approximate surface area is 55.1 Å². The first kappa shape index (κ1) is 5.10. The van der Waals surface area contributed by atoms with Crippen LogP contribution in [0.1, 0.15) is 0 Å². The third-order valence-electron chi connectivity index (χ3n) is 1.05. The molecule has 0 saturated carbocycles. The molecule has 2 aromatic heterocycles. The maximum absolute atomic E-state index is 8.83. The molecule has 6 heteroatoms. The smallest absolute Gasteiger partial charge is 0.276 e. The number of aromatic hydroxyl groups is 1. The van der Waals surface area contributed by atoms with E-state index in [1.165, 1.54) is 16.8 Å². The van der Waals surface area contributed by atoms with Gasteiger partial charge in [-0.05, 0) is 10.4 Å². The Morgan fingerprint density at radius 1 is 1.50 bits per heavy atom. The summed E-state index contributed by atoms with van der Waals surface area (Å²) in [5.41, 5.74) is 0. The topological polar surface area (TPSA) is 76.2 Å². The number of hydrogen-bond acceptors (Lipinski definition) is 5. The van der Waals surface area contributed by atoms with Crippen LogP contribution in [0.25, 0.3) is 5.78 Å². The van der Waals surface area contributed by atoms with E-state index in [1.54, 1.807) is 0 Å². The minimum atomic E-state index is -0.0812. The van der Waals surface area contributed by atoms with E-state index in [4.69, 9.17) is 5.11 Å². The molecule has 0 aliphatic carbocycles. The monoisotopic (exact) mass is 137 g/mol. The molecule has 2 heterocycles. The van der Waals surface area contributed by atoms with E-state index in [2.05, 4.69) is 20.5 Å². The van der Waals surface area contributed by atoms with Crippen LogP contribution in [-0.4, -0.2) is 30.1 Å². The molecule has 2 rings (SSSR count). The lowest BCUT2D eigenvalue weighted by Crippen LogP contribution is -1.88. The minimum Gasteiger partial charge on any atom is -0.493 e. The number of hydrogen-bond donors (Lipinski definition) is 1. The largest absolute Gasteiger partial charge is 0.493 e. The van der Waals surface area contributed by atoms with Crippen LogP contribution in [0, 0.1) is 0 Å². The van der Waals surface area contributed by atoms with Gasteiger partial charge in [0.2, 0.25) is 5.88 Å². The fourth-order valence-corrected chi connectivity index (χ4v) is 0.636. The number of aromatic nitrogens is 5. The lowest BCUT2D eigenvalue weighted by molar-refractivity contribution is 0.453. The van der Waals surface area contributed by atoms with Gasteiger partial charge in [0.1, 0.15) is 0 Å². The molecule has 0 unspecified atom stereocenters. The van der Waals surface area contributed by atoms with Crippen molar-refractivity contribution in [1.82, 2.24) is 25.0 Å². The van der Waals surface area contributed by atoms with Gasteiger partial charge in [-0.25, -0.2) is 0 Å². The average Bonchev–Trinajstić information content (AvgIpc) is 2.33. The number of nitrogens with zero attached hydrogens (tertiary/aromatic N) is 5. The lowest BCUT2D eigenvalue weighted by atomic mass is 10.6. The molecule has 0 bridgehead atoms. The summed E-state index contributed by atoms with van der Waals surface area (Å²) in [5, 5.41) is 19.2. The van der Waals surface area contributed by atoms with Crippen LogP contribution < -0.4 is 0 Å². The molecule has 0 saturated heterocycles. The van der Waals surface area contributed by atoms with Gasteiger partial charge < -0.3 is 5.11 Å². The summed E-state index contributed by atoms with van der Waals surface area (Å²) in [4.78, 5) is 3.62. The summed E-state index contributed by atoms with van der Waals surface area (Å²) in [6.45, 7) is 0. The van der Waals surface area contributed by atoms with Crippen LogP contribution in [0.15, 0.2) is 12.3 Å². The van der Waals surface area contributed by atoms with Crippen LogP contribution >= 0.6 is 0 Å². The summed E-state index contributed by atoms with van der Waals surface area (Å²) in [5.74, 6) is 0.210. The van der Waals surface area contributed by atoms with Gasteiger partial charge in [0, 0.05) is 12.3 Å². The highest BCUT2D eigenvalue weighted by Gasteiger charge is 1.96. The van der Waals surface area contributed by atoms with Gasteiger partial charge in [-0.15, -0.1) is 0 Å². The third kappa shape index (κ3) is 0.586. The van der Waals surface area contributed by atoms with Crippen molar-refractivity contribution in [3.05, 3.63) is 12.3 Å². The fraction of sp³-hybridized carbons (Fsp3) is 0. The van der Waals surface area contributed by atoms with E-state index in [-0.39, 0.29) is 5.88 Å². The lowest BCUT2D eigenvalue weighted by Gasteiger charge is -1.87. The first-order valence-corrected chi connectivity index (χ1v) is 2.60. The van der Waals surface area contributed by atoms with Crippen LogP contribution in [0.2, 0.25) is 0 Å². The summed E-state index contributed by atoms with van der Waals surface area (Å²) < 4.78 is 1.36. The van der Waals surface area contributed by atoms with Gasteiger partial charge in [0.15, 0.2) is 0 Å². The zero-order chi connectivity index (χ0) is 6.97. The summed E-state index contributed by atoms with van der Waals surface area (Å²) in [6.07, 6.45) is 1.53. The highest BCUT2D eigenvalue weighted by Crippen LogP contribution is 2.01. The second-order valence-corrected chi connectivity index (χ2v) is 1.71. The zero-order valence-electron chi connectivity index (χ0n) is 4.84. The third-order valence-corrected chi connectivity index (χ3v) is 1.05. The highest BCUT2D eigenvalue weighted by molar-refractivity contribution is 5.26. The standard InChI is InChI=1S/C4H3N5O/c10-3-1-2-9-4(5-3)6-7-8-9/h1-2H,(H,5,6,8,10). The first-order chi connectivity index (χ1) is 4.86. The van der Waals surface area contributed by atoms with Crippen molar-refractivity contribution in [1.29, 1.82) is 0 Å². The van der Waals surface area contributed by atoms with Crippen molar-refractivity contribution in [2.24, 2.45) is 0 Å². The first-order valence-electron chi connectivity index (χ1n) is 2.60. The van der Waals surface area contributed by atoms with Crippen molar-refractivity contribution in [2.45, 2.75) is 0 Å². The molecule has 0 radical (unpaired) electrons. The molecule has 0 aliphatic rings. The molecule has 0 amide bonds. The van der Waals surface area contributed by atoms with Crippen molar-refractivity contribution in [3.63, 3.8) is 0 Å². The molecule has 0 fully saturated rings. The fourth-order valence-electron chi connectivity index (χ4n) is 0.636. The van der Waals surface area contributed by atoms with Gasteiger partial charge in [0.25, 0.3) is 5.78 Å². The molecule has 0 aromatic carbocycles. The van der Waals surface area contributed by atoms with E-state index in [0.717, 1.165) is 0 Å². The Hall–Kier alpha value is -1.72. The Balaban J connectivity index is 2.86. The molecular formula is C4H3N5O. The maximum Gasteiger partial charge on any atom is 0.276 e. The number of rotatable bonds is 0. The maximum atomic E-state index is 8.83. The molecule has 1 N–H and O–H groups in total. The molecule has 6 nitrogen and oxygen atoms in total. The van der Waals surface area contributed by atoms with Crippen LogP contribution in [-0.2, 0) is 0 Å². The minimum absolute atomic E-state index is 0.0812. The molecule has 10 heavy (non-hydrogen) atoms. The quantitative estimate of drug-likeness (QED) is 0.515. The second kappa shape index (κ2) is 1.63. The number of tetrazole rings is 1. The van der Waals surface area contributed by atoms with Crippen molar-refractivity contribution in [2.75, 3.05) is 0 Å². The molecular weight excluding hydrogens is 134 g/mol. The van der Waals surface area contributed by atoms with E-state index in [9.17, 15) is 0 Å². The van der Waals surface area contributed by atoms with Gasteiger partial charge >= 0.3 is 0 Å². The SMILES string of the molecule is Oc1ccn2nnnc2n1. The normalized spacial score (nSPS) is 10.4. The molecule has 0 aliphatic heterocycles. The average molecular weight is 137 g/mol. The number of fused-ring (bicyclic) bond motifs is 1. The van der Waals surface area contributed by atoms with Crippen LogP contribution in [0.5, 0.6) is 5.88 Å². The van der Waals surface area contributed by atoms with Gasteiger partial charge in [-0.3, -0.25) is 0 Å². The Kier molecular flexibility index (Phi) is 0.830. The predicted molar refractivity (Wildman–Crippen MR) is 30.2 cm³/mol. The van der Waals surface area contributed by atoms with E-state index >= 15 is 0 Å². The Morgan fingerprint density at radius 3 is 3.30 bits per heavy atom. The van der Waals surface area contributed by atoms with Gasteiger partial charge in [-0.2, -0.15) is 9.50 Å². The van der Waals surface area contributed by atoms with Crippen molar-refractivity contribution < 1.29 is 5.11 Å². The Morgan fingerprint density at radius 2 is 2.40 bits per heavy atom. The molecule has 0 atom stereocenters. The summed E-state index contributed by atoms with van der Waals surface area (Å²) >= 11 is 0. The van der Waals surface area contributed by atoms with Crippen LogP contribution in [0.4, 0.5) is 0 Å². The Bertz CT molecular complexity index is 355. The predicted octanol–water partition coefficient (Wildman–Crippen LogP) is -0.775. The van der Waals surface area contributed by atoms with E-state index < -0.39 is 0 Å². The van der Waals surface area contributed by atoms with Crippen LogP contribution in [0.3, 0.4) is 0 Å². The second-order valence-electron chi connectivity index (χ2n) is 1.71. The van der Waals surface area contributed by atoms with Gasteiger partial charge in [0.05, 0.1) is 0 Å². The van der Waals surface area contributed by atoms with Gasteiger partial charge in [-0.1, -0.05) is 5.10 Å². The zero-order valence-corrected chi connectivity index (χ0v) is 4.84. The molecule has 2 aromatic rings.